The van der Waals surface area contributed by atoms with Gasteiger partial charge in [0.1, 0.15) is 5.76 Å². The van der Waals surface area contributed by atoms with Crippen molar-refractivity contribution < 1.29 is 4.74 Å². The van der Waals surface area contributed by atoms with E-state index in [0.717, 1.165) is 52.7 Å². The summed E-state index contributed by atoms with van der Waals surface area (Å²) in [4.78, 5) is 0. The second kappa shape index (κ2) is 10.0. The van der Waals surface area contributed by atoms with Crippen LogP contribution in [0, 0.1) is 0 Å². The van der Waals surface area contributed by atoms with Crippen molar-refractivity contribution in [2.45, 2.75) is 45.8 Å². The van der Waals surface area contributed by atoms with Gasteiger partial charge in [-0.25, -0.2) is 11.7 Å². The molecule has 0 fully saturated rings. The summed E-state index contributed by atoms with van der Waals surface area (Å²) < 4.78 is 5.78. The minimum atomic E-state index is 0.0551. The van der Waals surface area contributed by atoms with Crippen molar-refractivity contribution in [1.82, 2.24) is 0 Å². The van der Waals surface area contributed by atoms with Gasteiger partial charge in [-0.1, -0.05) is 29.8 Å². The molecule has 5 nitrogen and oxygen atoms in total. The second-order valence-electron chi connectivity index (χ2n) is 7.74. The standard InChI is InChI=1S/C24H31ClN4O/c1-4-28(26)22-11-14-24(19(16-22)15-18-5-7-20(25)8-6-18)29(27)21-9-12-23(13-10-21)30-17(2)3/h5-9,11-14,16-17,21H,4,10,15,26-27H2,1-3H3. The molecule has 0 spiro atoms. The zero-order chi connectivity index (χ0) is 21.7. The lowest BCUT2D eigenvalue weighted by Gasteiger charge is -2.31. The highest BCUT2D eigenvalue weighted by Gasteiger charge is 2.19. The third-order valence-corrected chi connectivity index (χ3v) is 5.35. The van der Waals surface area contributed by atoms with Crippen molar-refractivity contribution in [3.8, 4) is 0 Å². The molecule has 3 rings (SSSR count). The average molecular weight is 427 g/mol. The number of hydrazine groups is 2. The molecule has 1 unspecified atom stereocenters. The van der Waals surface area contributed by atoms with Crippen molar-refractivity contribution in [2.24, 2.45) is 11.7 Å². The van der Waals surface area contributed by atoms with E-state index in [0.29, 0.717) is 0 Å². The van der Waals surface area contributed by atoms with E-state index >= 15 is 0 Å². The second-order valence-corrected chi connectivity index (χ2v) is 8.18. The molecule has 0 aliphatic heterocycles. The van der Waals surface area contributed by atoms with Gasteiger partial charge in [0, 0.05) is 11.6 Å². The zero-order valence-corrected chi connectivity index (χ0v) is 18.6. The molecule has 0 radical (unpaired) electrons. The van der Waals surface area contributed by atoms with Crippen LogP contribution in [-0.4, -0.2) is 18.7 Å². The summed E-state index contributed by atoms with van der Waals surface area (Å²) >= 11 is 6.05. The fraction of sp³-hybridized carbons (Fsp3) is 0.333. The van der Waals surface area contributed by atoms with Crippen LogP contribution in [0.3, 0.4) is 0 Å². The van der Waals surface area contributed by atoms with Crippen molar-refractivity contribution in [3.05, 3.63) is 82.6 Å². The van der Waals surface area contributed by atoms with E-state index in [-0.39, 0.29) is 12.1 Å². The fourth-order valence-corrected chi connectivity index (χ4v) is 3.61. The Morgan fingerprint density at radius 2 is 1.87 bits per heavy atom. The van der Waals surface area contributed by atoms with Gasteiger partial charge in [-0.2, -0.15) is 0 Å². The Labute approximate surface area is 184 Å². The maximum Gasteiger partial charge on any atom is 0.115 e. The number of hydrogen-bond donors (Lipinski definition) is 2. The molecule has 4 N–H and O–H groups in total. The van der Waals surface area contributed by atoms with E-state index in [1.165, 1.54) is 0 Å². The van der Waals surface area contributed by atoms with Gasteiger partial charge >= 0.3 is 0 Å². The quantitative estimate of drug-likeness (QED) is 0.461. The monoisotopic (exact) mass is 426 g/mol. The molecule has 2 aromatic carbocycles. The van der Waals surface area contributed by atoms with Crippen molar-refractivity contribution in [2.75, 3.05) is 16.6 Å². The molecule has 0 amide bonds. The van der Waals surface area contributed by atoms with Crippen LogP contribution in [0.2, 0.25) is 5.02 Å². The zero-order valence-electron chi connectivity index (χ0n) is 17.9. The predicted octanol–water partition coefficient (Wildman–Crippen LogP) is 4.95. The first-order valence-corrected chi connectivity index (χ1v) is 10.7. The number of halogens is 1. The van der Waals surface area contributed by atoms with Crippen LogP contribution in [0.4, 0.5) is 11.4 Å². The number of anilines is 2. The van der Waals surface area contributed by atoms with Crippen LogP contribution >= 0.6 is 11.6 Å². The molecule has 1 aliphatic carbocycles. The molecule has 1 atom stereocenters. The number of benzene rings is 2. The summed E-state index contributed by atoms with van der Waals surface area (Å²) in [7, 11) is 0. The molecule has 0 bridgehead atoms. The van der Waals surface area contributed by atoms with Gasteiger partial charge in [-0.3, -0.25) is 0 Å². The van der Waals surface area contributed by atoms with Crippen LogP contribution in [0.1, 0.15) is 38.3 Å². The van der Waals surface area contributed by atoms with Crippen LogP contribution in [0.25, 0.3) is 0 Å². The number of nitrogens with two attached hydrogens (primary N) is 2. The van der Waals surface area contributed by atoms with Gasteiger partial charge in [0.2, 0.25) is 0 Å². The number of rotatable bonds is 8. The maximum atomic E-state index is 6.60. The van der Waals surface area contributed by atoms with Crippen molar-refractivity contribution >= 4 is 23.0 Å². The predicted molar refractivity (Wildman–Crippen MR) is 126 cm³/mol. The van der Waals surface area contributed by atoms with Gasteiger partial charge in [-0.05, 0) is 87.2 Å². The lowest BCUT2D eigenvalue weighted by Crippen LogP contribution is -2.41. The van der Waals surface area contributed by atoms with E-state index in [2.05, 4.69) is 18.2 Å². The van der Waals surface area contributed by atoms with Crippen LogP contribution in [0.5, 0.6) is 0 Å². The molecule has 0 heterocycles. The third kappa shape index (κ3) is 5.57. The number of hydrogen-bond acceptors (Lipinski definition) is 5. The third-order valence-electron chi connectivity index (χ3n) is 5.09. The molecule has 30 heavy (non-hydrogen) atoms. The van der Waals surface area contributed by atoms with Gasteiger partial charge < -0.3 is 14.8 Å². The molecular weight excluding hydrogens is 396 g/mol. The lowest BCUT2D eigenvalue weighted by molar-refractivity contribution is 0.156. The van der Waals surface area contributed by atoms with E-state index in [9.17, 15) is 0 Å². The van der Waals surface area contributed by atoms with Gasteiger partial charge in [-0.15, -0.1) is 0 Å². The maximum absolute atomic E-state index is 6.60. The minimum absolute atomic E-state index is 0.0551. The Hall–Kier alpha value is -2.47. The van der Waals surface area contributed by atoms with Crippen LogP contribution in [0.15, 0.2) is 66.5 Å². The number of ether oxygens (including phenoxy) is 1. The average Bonchev–Trinajstić information content (AvgIpc) is 2.74. The van der Waals surface area contributed by atoms with E-state index in [1.807, 2.05) is 68.3 Å². The Bertz CT molecular complexity index is 908. The molecule has 2 aromatic rings. The summed E-state index contributed by atoms with van der Waals surface area (Å²) in [5, 5.41) is 4.29. The van der Waals surface area contributed by atoms with E-state index < -0.39 is 0 Å². The molecule has 0 saturated carbocycles. The minimum Gasteiger partial charge on any atom is -0.491 e. The summed E-state index contributed by atoms with van der Waals surface area (Å²) in [6.07, 6.45) is 7.87. The van der Waals surface area contributed by atoms with Crippen LogP contribution < -0.4 is 21.7 Å². The Morgan fingerprint density at radius 1 is 1.13 bits per heavy atom. The van der Waals surface area contributed by atoms with E-state index in [4.69, 9.17) is 28.0 Å². The highest BCUT2D eigenvalue weighted by molar-refractivity contribution is 6.30. The van der Waals surface area contributed by atoms with Gasteiger partial charge in [0.15, 0.2) is 0 Å². The summed E-state index contributed by atoms with van der Waals surface area (Å²) in [6.45, 7) is 6.80. The molecule has 0 saturated heterocycles. The SMILES string of the molecule is CCN(N)c1ccc(N(N)C2C=CC(OC(C)C)=CC2)c(Cc2ccc(Cl)cc2)c1. The highest BCUT2D eigenvalue weighted by Crippen LogP contribution is 2.30. The van der Waals surface area contributed by atoms with Crippen molar-refractivity contribution in [1.29, 1.82) is 0 Å². The molecule has 0 aromatic heterocycles. The normalized spacial score (nSPS) is 15.8. The molecule has 160 valence electrons. The number of nitrogens with zero attached hydrogens (tertiary/aromatic N) is 2. The number of allylic oxidation sites excluding steroid dienone is 1. The first kappa shape index (κ1) is 22.2. The first-order valence-electron chi connectivity index (χ1n) is 10.4. The van der Waals surface area contributed by atoms with Crippen LogP contribution in [-0.2, 0) is 11.2 Å². The Balaban J connectivity index is 1.86. The summed E-state index contributed by atoms with van der Waals surface area (Å²) in [6, 6.07) is 14.1. The fourth-order valence-electron chi connectivity index (χ4n) is 3.48. The molecule has 6 heteroatoms. The largest absolute Gasteiger partial charge is 0.491 e. The topological polar surface area (TPSA) is 67.8 Å². The highest BCUT2D eigenvalue weighted by atomic mass is 35.5. The Kier molecular flexibility index (Phi) is 7.43. The first-order chi connectivity index (χ1) is 14.4. The lowest BCUT2D eigenvalue weighted by atomic mass is 10.00. The van der Waals surface area contributed by atoms with Gasteiger partial charge in [0.05, 0.1) is 23.5 Å². The van der Waals surface area contributed by atoms with Crippen molar-refractivity contribution in [3.63, 3.8) is 0 Å². The summed E-state index contributed by atoms with van der Waals surface area (Å²) in [5.41, 5.74) is 4.22. The molecule has 1 aliphatic rings. The van der Waals surface area contributed by atoms with Gasteiger partial charge in [0.25, 0.3) is 0 Å². The Morgan fingerprint density at radius 3 is 2.47 bits per heavy atom. The smallest absolute Gasteiger partial charge is 0.115 e. The molecular formula is C24H31ClN4O. The van der Waals surface area contributed by atoms with E-state index in [1.54, 1.807) is 5.01 Å². The summed E-state index contributed by atoms with van der Waals surface area (Å²) in [5.74, 6) is 13.6.